The number of methoxy groups -OCH3 is 1. The van der Waals surface area contributed by atoms with E-state index < -0.39 is 11.9 Å². The van der Waals surface area contributed by atoms with Crippen LogP contribution in [0.15, 0.2) is 65.1 Å². The second-order valence-corrected chi connectivity index (χ2v) is 9.28. The molecule has 0 bridgehead atoms. The molecule has 0 fully saturated rings. The smallest absolute Gasteiger partial charge is 0.338 e. The Morgan fingerprint density at radius 3 is 2.31 bits per heavy atom. The zero-order valence-electron chi connectivity index (χ0n) is 18.8. The summed E-state index contributed by atoms with van der Waals surface area (Å²) in [6.45, 7) is 2.27. The number of ether oxygens (including phenoxy) is 2. The van der Waals surface area contributed by atoms with Crippen molar-refractivity contribution >= 4 is 74.0 Å². The number of esters is 1. The molecule has 10 heteroatoms. The first kappa shape index (κ1) is 26.9. The van der Waals surface area contributed by atoms with E-state index in [4.69, 9.17) is 44.9 Å². The van der Waals surface area contributed by atoms with Crippen molar-refractivity contribution in [3.8, 4) is 5.75 Å². The van der Waals surface area contributed by atoms with E-state index in [0.717, 1.165) is 5.56 Å². The standard InChI is InChI=1S/C25H21BrCl2N2O4S/c1-3-34-24(32)15-5-9-19(10-6-15)30(14-17-4-8-18(27)13-21(17)28)25(35)29-23(31)16-7-11-22(33-2)20(26)12-16/h4-13H,3,14H2,1-2H3,(H,29,31,35). The summed E-state index contributed by atoms with van der Waals surface area (Å²) in [5.41, 5.74) is 2.18. The number of rotatable bonds is 7. The van der Waals surface area contributed by atoms with Crippen LogP contribution in [-0.2, 0) is 11.3 Å². The van der Waals surface area contributed by atoms with Gasteiger partial charge in [-0.15, -0.1) is 0 Å². The van der Waals surface area contributed by atoms with Crippen molar-refractivity contribution in [1.29, 1.82) is 0 Å². The van der Waals surface area contributed by atoms with Gasteiger partial charge in [-0.05, 0) is 95.2 Å². The molecule has 182 valence electrons. The maximum absolute atomic E-state index is 12.9. The van der Waals surface area contributed by atoms with Gasteiger partial charge in [0.1, 0.15) is 5.75 Å². The molecule has 0 saturated heterocycles. The average Bonchev–Trinajstić information content (AvgIpc) is 2.83. The zero-order valence-corrected chi connectivity index (χ0v) is 22.7. The molecule has 0 aliphatic carbocycles. The number of nitrogens with zero attached hydrogens (tertiary/aromatic N) is 1. The molecule has 0 saturated carbocycles. The van der Waals surface area contributed by atoms with Gasteiger partial charge in [0.25, 0.3) is 5.91 Å². The number of amides is 1. The van der Waals surface area contributed by atoms with Crippen LogP contribution in [0, 0.1) is 0 Å². The molecule has 0 heterocycles. The van der Waals surface area contributed by atoms with Crippen molar-refractivity contribution in [2.24, 2.45) is 0 Å². The largest absolute Gasteiger partial charge is 0.496 e. The Morgan fingerprint density at radius 1 is 1.03 bits per heavy atom. The molecule has 3 aromatic carbocycles. The fourth-order valence-corrected chi connectivity index (χ4v) is 4.41. The Morgan fingerprint density at radius 2 is 1.71 bits per heavy atom. The first-order valence-electron chi connectivity index (χ1n) is 10.4. The number of carbonyl (C=O) groups is 2. The van der Waals surface area contributed by atoms with Crippen LogP contribution in [0.4, 0.5) is 5.69 Å². The number of benzene rings is 3. The second-order valence-electron chi connectivity index (χ2n) is 7.20. The van der Waals surface area contributed by atoms with E-state index in [9.17, 15) is 9.59 Å². The molecular weight excluding hydrogens is 575 g/mol. The normalized spacial score (nSPS) is 10.4. The van der Waals surface area contributed by atoms with Crippen LogP contribution in [0.2, 0.25) is 10.0 Å². The molecule has 6 nitrogen and oxygen atoms in total. The Hall–Kier alpha value is -2.65. The topological polar surface area (TPSA) is 67.9 Å². The van der Waals surface area contributed by atoms with Gasteiger partial charge in [-0.3, -0.25) is 10.1 Å². The minimum absolute atomic E-state index is 0.150. The predicted molar refractivity (Wildman–Crippen MR) is 146 cm³/mol. The van der Waals surface area contributed by atoms with Gasteiger partial charge in [0.05, 0.1) is 30.3 Å². The number of anilines is 1. The molecule has 1 N–H and O–H groups in total. The summed E-state index contributed by atoms with van der Waals surface area (Å²) < 4.78 is 10.9. The second kappa shape index (κ2) is 12.4. The van der Waals surface area contributed by atoms with Crippen molar-refractivity contribution in [1.82, 2.24) is 5.32 Å². The van der Waals surface area contributed by atoms with Crippen LogP contribution in [0.3, 0.4) is 0 Å². The van der Waals surface area contributed by atoms with Gasteiger partial charge in [-0.2, -0.15) is 0 Å². The molecular formula is C25H21BrCl2N2O4S. The predicted octanol–water partition coefficient (Wildman–Crippen LogP) is 6.66. The molecule has 0 aromatic heterocycles. The summed E-state index contributed by atoms with van der Waals surface area (Å²) in [6, 6.07) is 16.8. The van der Waals surface area contributed by atoms with E-state index in [1.165, 1.54) is 0 Å². The van der Waals surface area contributed by atoms with E-state index in [1.807, 2.05) is 0 Å². The van der Waals surface area contributed by atoms with Crippen LogP contribution in [0.1, 0.15) is 33.2 Å². The lowest BCUT2D eigenvalue weighted by Gasteiger charge is -2.26. The molecule has 1 amide bonds. The van der Waals surface area contributed by atoms with E-state index >= 15 is 0 Å². The van der Waals surface area contributed by atoms with Crippen LogP contribution >= 0.6 is 51.3 Å². The number of hydrogen-bond donors (Lipinski definition) is 1. The molecule has 3 aromatic rings. The maximum Gasteiger partial charge on any atom is 0.338 e. The summed E-state index contributed by atoms with van der Waals surface area (Å²) in [5, 5.41) is 3.88. The van der Waals surface area contributed by atoms with Gasteiger partial charge in [-0.1, -0.05) is 29.3 Å². The van der Waals surface area contributed by atoms with Crippen molar-refractivity contribution in [2.45, 2.75) is 13.5 Å². The average molecular weight is 596 g/mol. The van der Waals surface area contributed by atoms with Crippen molar-refractivity contribution < 1.29 is 19.1 Å². The molecule has 0 aliphatic rings. The number of carbonyl (C=O) groups excluding carboxylic acids is 2. The molecule has 35 heavy (non-hydrogen) atoms. The van der Waals surface area contributed by atoms with Crippen molar-refractivity contribution in [3.63, 3.8) is 0 Å². The lowest BCUT2D eigenvalue weighted by atomic mass is 10.1. The molecule has 0 radical (unpaired) electrons. The molecule has 0 atom stereocenters. The third-order valence-electron chi connectivity index (χ3n) is 4.91. The highest BCUT2D eigenvalue weighted by Gasteiger charge is 2.19. The minimum atomic E-state index is -0.424. The van der Waals surface area contributed by atoms with Gasteiger partial charge in [0.2, 0.25) is 0 Å². The third kappa shape index (κ3) is 6.95. The SMILES string of the molecule is CCOC(=O)c1ccc(N(Cc2ccc(Cl)cc2Cl)C(=S)NC(=O)c2ccc(OC)c(Br)c2)cc1. The summed E-state index contributed by atoms with van der Waals surface area (Å²) in [5.74, 6) is -0.217. The van der Waals surface area contributed by atoms with E-state index in [0.29, 0.717) is 37.1 Å². The highest BCUT2D eigenvalue weighted by molar-refractivity contribution is 9.10. The lowest BCUT2D eigenvalue weighted by Crippen LogP contribution is -2.42. The fraction of sp³-hybridized carbons (Fsp3) is 0.160. The highest BCUT2D eigenvalue weighted by atomic mass is 79.9. The van der Waals surface area contributed by atoms with Gasteiger partial charge in [0.15, 0.2) is 5.11 Å². The van der Waals surface area contributed by atoms with Crippen LogP contribution in [-0.4, -0.2) is 30.7 Å². The van der Waals surface area contributed by atoms with Crippen LogP contribution in [0.25, 0.3) is 0 Å². The van der Waals surface area contributed by atoms with Crippen molar-refractivity contribution in [2.75, 3.05) is 18.6 Å². The Bertz CT molecular complexity index is 1250. The van der Waals surface area contributed by atoms with Gasteiger partial charge in [0, 0.05) is 21.3 Å². The van der Waals surface area contributed by atoms with Gasteiger partial charge in [-0.25, -0.2) is 4.79 Å². The lowest BCUT2D eigenvalue weighted by molar-refractivity contribution is 0.0526. The maximum atomic E-state index is 12.9. The number of thiocarbonyl (C=S) groups is 1. The van der Waals surface area contributed by atoms with E-state index in [-0.39, 0.29) is 18.3 Å². The molecule has 0 unspecified atom stereocenters. The minimum Gasteiger partial charge on any atom is -0.496 e. The van der Waals surface area contributed by atoms with Gasteiger partial charge < -0.3 is 14.4 Å². The quantitative estimate of drug-likeness (QED) is 0.243. The van der Waals surface area contributed by atoms with Crippen molar-refractivity contribution in [3.05, 3.63) is 91.9 Å². The van der Waals surface area contributed by atoms with E-state index in [2.05, 4.69) is 21.2 Å². The van der Waals surface area contributed by atoms with Crippen LogP contribution in [0.5, 0.6) is 5.75 Å². The zero-order chi connectivity index (χ0) is 25.5. The number of halogens is 3. The Labute approximate surface area is 227 Å². The Kier molecular flexibility index (Phi) is 9.51. The first-order valence-corrected chi connectivity index (χ1v) is 12.4. The first-order chi connectivity index (χ1) is 16.7. The third-order valence-corrected chi connectivity index (χ3v) is 6.44. The number of nitrogens with one attached hydrogen (secondary N) is 1. The highest BCUT2D eigenvalue weighted by Crippen LogP contribution is 2.27. The molecule has 0 spiro atoms. The molecule has 0 aliphatic heterocycles. The Balaban J connectivity index is 1.89. The monoisotopic (exact) mass is 594 g/mol. The summed E-state index contributed by atoms with van der Waals surface area (Å²) in [6.07, 6.45) is 0. The summed E-state index contributed by atoms with van der Waals surface area (Å²) >= 11 is 21.4. The molecule has 3 rings (SSSR count). The summed E-state index contributed by atoms with van der Waals surface area (Å²) in [4.78, 5) is 26.7. The summed E-state index contributed by atoms with van der Waals surface area (Å²) in [7, 11) is 1.54. The van der Waals surface area contributed by atoms with E-state index in [1.54, 1.807) is 79.6 Å². The van der Waals surface area contributed by atoms with Crippen LogP contribution < -0.4 is 15.0 Å². The number of hydrogen-bond acceptors (Lipinski definition) is 5. The fourth-order valence-electron chi connectivity index (χ4n) is 3.14. The van der Waals surface area contributed by atoms with Gasteiger partial charge >= 0.3 is 5.97 Å².